The van der Waals surface area contributed by atoms with Crippen molar-refractivity contribution in [1.29, 1.82) is 0 Å². The van der Waals surface area contributed by atoms with Gasteiger partial charge in [0.05, 0.1) is 0 Å². The molecule has 1 radical (unpaired) electrons. The molecule has 0 aliphatic carbocycles. The van der Waals surface area contributed by atoms with E-state index in [4.69, 9.17) is 9.47 Å². The smallest absolute Gasteiger partial charge is 0.308 e. The van der Waals surface area contributed by atoms with Gasteiger partial charge in [-0.25, -0.2) is 0 Å². The molecule has 0 N–H and O–H groups in total. The highest BCUT2D eigenvalue weighted by Gasteiger charge is 2.19. The van der Waals surface area contributed by atoms with Crippen molar-refractivity contribution in [3.63, 3.8) is 0 Å². The number of benzene rings is 1. The molecule has 0 saturated carbocycles. The third-order valence-electron chi connectivity index (χ3n) is 1.69. The van der Waals surface area contributed by atoms with Gasteiger partial charge in [-0.3, -0.25) is 4.79 Å². The Balaban J connectivity index is 2.17. The third-order valence-corrected chi connectivity index (χ3v) is 1.69. The zero-order valence-corrected chi connectivity index (χ0v) is 6.77. The molecule has 65 valence electrons. The molecule has 0 amide bonds. The molecule has 0 spiro atoms. The van der Waals surface area contributed by atoms with E-state index in [1.807, 2.05) is 30.3 Å². The normalized spacial score (nSPS) is 20.0. The maximum atomic E-state index is 10.2. The molecule has 0 saturated heterocycles. The van der Waals surface area contributed by atoms with E-state index in [0.29, 0.717) is 5.76 Å². The summed E-state index contributed by atoms with van der Waals surface area (Å²) < 4.78 is 9.97. The molecule has 1 unspecified atom stereocenters. The molecule has 1 aromatic rings. The average Bonchev–Trinajstić information content (AvgIpc) is 2.67. The molecule has 1 atom stereocenters. The van der Waals surface area contributed by atoms with Crippen molar-refractivity contribution < 1.29 is 14.3 Å². The second-order valence-corrected chi connectivity index (χ2v) is 2.55. The first-order valence-corrected chi connectivity index (χ1v) is 3.85. The Bertz CT molecular complexity index is 329. The average molecular weight is 175 g/mol. The zero-order valence-electron chi connectivity index (χ0n) is 6.77. The number of hydrogen-bond donors (Lipinski definition) is 0. The highest BCUT2D eigenvalue weighted by molar-refractivity contribution is 5.65. The van der Waals surface area contributed by atoms with Crippen LogP contribution in [0, 0.1) is 0 Å². The van der Waals surface area contributed by atoms with E-state index in [1.54, 1.807) is 6.29 Å². The summed E-state index contributed by atoms with van der Waals surface area (Å²) in [4.78, 5) is 10.2. The molecule has 0 bridgehead atoms. The maximum Gasteiger partial charge on any atom is 0.308 e. The number of hydrogen-bond acceptors (Lipinski definition) is 3. The van der Waals surface area contributed by atoms with Crippen molar-refractivity contribution >= 4 is 12.0 Å². The van der Waals surface area contributed by atoms with E-state index in [2.05, 4.69) is 0 Å². The van der Waals surface area contributed by atoms with Gasteiger partial charge >= 0.3 is 6.29 Å². The lowest BCUT2D eigenvalue weighted by atomic mass is 10.2. The zero-order chi connectivity index (χ0) is 9.10. The second kappa shape index (κ2) is 3.31. The van der Waals surface area contributed by atoms with Crippen LogP contribution in [0.2, 0.25) is 0 Å². The summed E-state index contributed by atoms with van der Waals surface area (Å²) >= 11 is 0. The van der Waals surface area contributed by atoms with Crippen LogP contribution >= 0.6 is 0 Å². The van der Waals surface area contributed by atoms with Crippen LogP contribution in [0.15, 0.2) is 36.6 Å². The van der Waals surface area contributed by atoms with Crippen molar-refractivity contribution in [2.45, 2.75) is 6.29 Å². The van der Waals surface area contributed by atoms with Crippen molar-refractivity contribution in [2.75, 3.05) is 0 Å². The third kappa shape index (κ3) is 1.54. The van der Waals surface area contributed by atoms with Gasteiger partial charge in [0, 0.05) is 5.56 Å². The summed E-state index contributed by atoms with van der Waals surface area (Å²) in [5.41, 5.74) is 0.889. The van der Waals surface area contributed by atoms with E-state index in [9.17, 15) is 4.79 Å². The quantitative estimate of drug-likeness (QED) is 0.682. The highest BCUT2D eigenvalue weighted by atomic mass is 16.7. The minimum absolute atomic E-state index is 0.564. The van der Waals surface area contributed by atoms with Crippen LogP contribution in [-0.4, -0.2) is 12.6 Å². The van der Waals surface area contributed by atoms with Gasteiger partial charge < -0.3 is 9.47 Å². The molecular formula is C10H7O3. The van der Waals surface area contributed by atoms with Gasteiger partial charge in [-0.15, -0.1) is 0 Å². The molecule has 2 rings (SSSR count). The lowest BCUT2D eigenvalue weighted by Gasteiger charge is -2.03. The monoisotopic (exact) mass is 175 g/mol. The fraction of sp³-hybridized carbons (Fsp3) is 0.100. The van der Waals surface area contributed by atoms with Gasteiger partial charge in [0.15, 0.2) is 5.76 Å². The fourth-order valence-corrected chi connectivity index (χ4v) is 1.08. The Hall–Kier alpha value is -1.77. The SMILES string of the molecule is O=[C]C1OC=C(c2ccccc2)O1. The Labute approximate surface area is 75.6 Å². The van der Waals surface area contributed by atoms with E-state index >= 15 is 0 Å². The molecule has 1 aliphatic rings. The first kappa shape index (κ1) is 7.86. The van der Waals surface area contributed by atoms with E-state index in [1.165, 1.54) is 6.26 Å². The molecule has 1 heterocycles. The van der Waals surface area contributed by atoms with Crippen LogP contribution in [0.3, 0.4) is 0 Å². The molecule has 3 heteroatoms. The fourth-order valence-electron chi connectivity index (χ4n) is 1.08. The van der Waals surface area contributed by atoms with Crippen molar-refractivity contribution in [3.8, 4) is 0 Å². The van der Waals surface area contributed by atoms with Crippen molar-refractivity contribution in [3.05, 3.63) is 42.2 Å². The van der Waals surface area contributed by atoms with Crippen molar-refractivity contribution in [2.24, 2.45) is 0 Å². The molecular weight excluding hydrogens is 168 g/mol. The number of rotatable bonds is 2. The van der Waals surface area contributed by atoms with Crippen LogP contribution in [0.5, 0.6) is 0 Å². The predicted octanol–water partition coefficient (Wildman–Crippen LogP) is 1.47. The van der Waals surface area contributed by atoms with Gasteiger partial charge in [-0.2, -0.15) is 0 Å². The summed E-state index contributed by atoms with van der Waals surface area (Å²) in [6.07, 6.45) is 2.13. The first-order chi connectivity index (χ1) is 6.40. The van der Waals surface area contributed by atoms with Crippen molar-refractivity contribution in [1.82, 2.24) is 0 Å². The van der Waals surface area contributed by atoms with Crippen LogP contribution in [-0.2, 0) is 14.3 Å². The van der Waals surface area contributed by atoms with E-state index in [-0.39, 0.29) is 0 Å². The van der Waals surface area contributed by atoms with Crippen LogP contribution in [0.1, 0.15) is 5.56 Å². The number of ether oxygens (including phenoxy) is 2. The largest absolute Gasteiger partial charge is 0.451 e. The molecule has 13 heavy (non-hydrogen) atoms. The van der Waals surface area contributed by atoms with Crippen LogP contribution < -0.4 is 0 Å². The van der Waals surface area contributed by atoms with Gasteiger partial charge in [-0.05, 0) is 0 Å². The Morgan fingerprint density at radius 1 is 1.23 bits per heavy atom. The molecule has 1 aliphatic heterocycles. The second-order valence-electron chi connectivity index (χ2n) is 2.55. The summed E-state index contributed by atoms with van der Waals surface area (Å²) in [5.74, 6) is 0.564. The predicted molar refractivity (Wildman–Crippen MR) is 46.1 cm³/mol. The van der Waals surface area contributed by atoms with Crippen LogP contribution in [0.25, 0.3) is 5.76 Å². The summed E-state index contributed by atoms with van der Waals surface area (Å²) in [6.45, 7) is 0. The Morgan fingerprint density at radius 3 is 2.62 bits per heavy atom. The van der Waals surface area contributed by atoms with Crippen LogP contribution in [0.4, 0.5) is 0 Å². The lowest BCUT2D eigenvalue weighted by molar-refractivity contribution is 0.0418. The summed E-state index contributed by atoms with van der Waals surface area (Å²) in [6, 6.07) is 9.43. The number of carbonyl (C=O) groups excluding carboxylic acids is 1. The minimum Gasteiger partial charge on any atom is -0.451 e. The Kier molecular flexibility index (Phi) is 2.00. The highest BCUT2D eigenvalue weighted by Crippen LogP contribution is 2.22. The standard InChI is InChI=1S/C10H7O3/c11-6-10-12-7-9(13-10)8-4-2-1-3-5-8/h1-5,7,10H. The first-order valence-electron chi connectivity index (χ1n) is 3.85. The van der Waals surface area contributed by atoms with Gasteiger partial charge in [0.25, 0.3) is 6.29 Å². The minimum atomic E-state index is -0.907. The lowest BCUT2D eigenvalue weighted by Crippen LogP contribution is -2.08. The summed E-state index contributed by atoms with van der Waals surface area (Å²) in [7, 11) is 0. The molecule has 3 nitrogen and oxygen atoms in total. The molecule has 0 fully saturated rings. The van der Waals surface area contributed by atoms with Gasteiger partial charge in [0.1, 0.15) is 6.26 Å². The molecule has 1 aromatic carbocycles. The summed E-state index contributed by atoms with van der Waals surface area (Å²) in [5, 5.41) is 0. The molecule has 0 aromatic heterocycles. The van der Waals surface area contributed by atoms with Gasteiger partial charge in [-0.1, -0.05) is 30.3 Å². The maximum absolute atomic E-state index is 10.2. The van der Waals surface area contributed by atoms with E-state index < -0.39 is 6.29 Å². The van der Waals surface area contributed by atoms with E-state index in [0.717, 1.165) is 5.56 Å². The Morgan fingerprint density at radius 2 is 2.00 bits per heavy atom. The van der Waals surface area contributed by atoms with Gasteiger partial charge in [0.2, 0.25) is 0 Å². The topological polar surface area (TPSA) is 35.5 Å².